The van der Waals surface area contributed by atoms with Gasteiger partial charge in [-0.15, -0.1) is 0 Å². The summed E-state index contributed by atoms with van der Waals surface area (Å²) in [7, 11) is 0. The van der Waals surface area contributed by atoms with E-state index in [1.165, 1.54) is 9.99 Å². The van der Waals surface area contributed by atoms with E-state index in [2.05, 4.69) is 57.5 Å². The first-order valence-corrected chi connectivity index (χ1v) is 8.90. The Morgan fingerprint density at radius 1 is 1.36 bits per heavy atom. The Bertz CT molecular complexity index is 514. The number of carbonyl (C=O) groups excluding carboxylic acids is 1. The maximum atomic E-state index is 11.8. The summed E-state index contributed by atoms with van der Waals surface area (Å²) in [4.78, 5) is 11.8. The fourth-order valence-electron chi connectivity index (χ4n) is 2.79. The number of amides is 1. The molecule has 2 unspecified atom stereocenters. The van der Waals surface area contributed by atoms with Crippen LogP contribution in [-0.2, 0) is 4.74 Å². The minimum atomic E-state index is -0.446. The van der Waals surface area contributed by atoms with Crippen LogP contribution in [0, 0.1) is 9.49 Å². The molecule has 1 amide bonds. The van der Waals surface area contributed by atoms with Crippen LogP contribution in [0.3, 0.4) is 0 Å². The van der Waals surface area contributed by atoms with Crippen LogP contribution in [0.5, 0.6) is 0 Å². The predicted octanol–water partition coefficient (Wildman–Crippen LogP) is 4.40. The van der Waals surface area contributed by atoms with Gasteiger partial charge in [0.1, 0.15) is 5.60 Å². The van der Waals surface area contributed by atoms with E-state index in [0.717, 1.165) is 18.5 Å². The molecule has 0 aromatic heterocycles. The van der Waals surface area contributed by atoms with Crippen LogP contribution >= 0.6 is 22.6 Å². The van der Waals surface area contributed by atoms with E-state index in [1.54, 1.807) is 0 Å². The molecule has 1 fully saturated rings. The molecule has 0 saturated heterocycles. The molecule has 0 radical (unpaired) electrons. The van der Waals surface area contributed by atoms with Crippen molar-refractivity contribution in [3.8, 4) is 0 Å². The molecular weight excluding hydrogens is 391 g/mol. The Morgan fingerprint density at radius 3 is 2.82 bits per heavy atom. The lowest BCUT2D eigenvalue weighted by Crippen LogP contribution is -2.38. The number of carbonyl (C=O) groups is 1. The van der Waals surface area contributed by atoms with Crippen molar-refractivity contribution < 1.29 is 9.53 Å². The second-order valence-electron chi connectivity index (χ2n) is 6.83. The number of anilines is 1. The molecule has 0 bridgehead atoms. The number of alkyl carbamates (subject to hydrolysis) is 1. The Kier molecular flexibility index (Phi) is 5.94. The maximum Gasteiger partial charge on any atom is 0.407 e. The predicted molar refractivity (Wildman–Crippen MR) is 98.1 cm³/mol. The fraction of sp³-hybridized carbons (Fsp3) is 0.588. The zero-order valence-electron chi connectivity index (χ0n) is 13.5. The fourth-order valence-corrected chi connectivity index (χ4v) is 3.34. The average Bonchev–Trinajstić information content (AvgIpc) is 2.82. The maximum absolute atomic E-state index is 11.8. The number of rotatable bonds is 4. The lowest BCUT2D eigenvalue weighted by atomic mass is 10.0. The highest BCUT2D eigenvalue weighted by Gasteiger charge is 2.28. The van der Waals surface area contributed by atoms with Crippen LogP contribution in [-0.4, -0.2) is 24.3 Å². The molecular formula is C17H25IN2O2. The molecule has 5 heteroatoms. The normalized spacial score (nSPS) is 21.5. The highest BCUT2D eigenvalue weighted by Crippen LogP contribution is 2.28. The van der Waals surface area contributed by atoms with Crippen molar-refractivity contribution >= 4 is 34.4 Å². The average molecular weight is 416 g/mol. The molecule has 2 atom stereocenters. The van der Waals surface area contributed by atoms with E-state index in [1.807, 2.05) is 20.8 Å². The summed E-state index contributed by atoms with van der Waals surface area (Å²) in [6, 6.07) is 8.80. The summed E-state index contributed by atoms with van der Waals surface area (Å²) in [5.74, 6) is 0.449. The van der Waals surface area contributed by atoms with Crippen molar-refractivity contribution in [2.45, 2.75) is 51.7 Å². The number of nitrogens with one attached hydrogen (secondary N) is 2. The van der Waals surface area contributed by atoms with Gasteiger partial charge >= 0.3 is 6.09 Å². The zero-order chi connectivity index (χ0) is 16.2. The quantitative estimate of drug-likeness (QED) is 0.716. The third-order valence-electron chi connectivity index (χ3n) is 3.74. The van der Waals surface area contributed by atoms with Crippen molar-refractivity contribution in [2.75, 3.05) is 11.9 Å². The molecule has 2 N–H and O–H groups in total. The topological polar surface area (TPSA) is 50.4 Å². The minimum Gasteiger partial charge on any atom is -0.444 e. The van der Waals surface area contributed by atoms with Crippen molar-refractivity contribution in [3.05, 3.63) is 27.8 Å². The lowest BCUT2D eigenvalue weighted by Gasteiger charge is -2.24. The molecule has 0 heterocycles. The second-order valence-corrected chi connectivity index (χ2v) is 8.08. The van der Waals surface area contributed by atoms with E-state index in [4.69, 9.17) is 4.74 Å². The lowest BCUT2D eigenvalue weighted by molar-refractivity contribution is 0.0519. The standard InChI is InChI=1S/C17H25IN2O2/c1-17(2,3)22-16(21)19-11-12-6-4-9-15(12)20-14-8-5-7-13(18)10-14/h5,7-8,10,12,15,20H,4,6,9,11H2,1-3H3,(H,19,21). The highest BCUT2D eigenvalue weighted by molar-refractivity contribution is 14.1. The van der Waals surface area contributed by atoms with E-state index in [9.17, 15) is 4.79 Å². The van der Waals surface area contributed by atoms with Crippen LogP contribution in [0.1, 0.15) is 40.0 Å². The summed E-state index contributed by atoms with van der Waals surface area (Å²) in [5, 5.41) is 6.51. The summed E-state index contributed by atoms with van der Waals surface area (Å²) in [6.07, 6.45) is 3.15. The van der Waals surface area contributed by atoms with E-state index >= 15 is 0 Å². The smallest absolute Gasteiger partial charge is 0.407 e. The SMILES string of the molecule is CC(C)(C)OC(=O)NCC1CCCC1Nc1cccc(I)c1. The van der Waals surface area contributed by atoms with Crippen molar-refractivity contribution in [3.63, 3.8) is 0 Å². The Hall–Kier alpha value is -0.980. The Morgan fingerprint density at radius 2 is 2.14 bits per heavy atom. The first-order valence-electron chi connectivity index (χ1n) is 7.82. The van der Waals surface area contributed by atoms with Gasteiger partial charge in [0.05, 0.1) is 0 Å². The molecule has 0 spiro atoms. The van der Waals surface area contributed by atoms with Gasteiger partial charge in [-0.2, -0.15) is 0 Å². The van der Waals surface area contributed by atoms with E-state index in [0.29, 0.717) is 18.5 Å². The zero-order valence-corrected chi connectivity index (χ0v) is 15.6. The van der Waals surface area contributed by atoms with Gasteiger partial charge in [0.2, 0.25) is 0 Å². The summed E-state index contributed by atoms with van der Waals surface area (Å²) >= 11 is 2.32. The first-order chi connectivity index (χ1) is 10.3. The molecule has 122 valence electrons. The molecule has 0 aliphatic heterocycles. The largest absolute Gasteiger partial charge is 0.444 e. The van der Waals surface area contributed by atoms with Crippen molar-refractivity contribution in [1.82, 2.24) is 5.32 Å². The summed E-state index contributed by atoms with van der Waals surface area (Å²) in [5.41, 5.74) is 0.707. The van der Waals surface area contributed by atoms with Gasteiger partial charge in [0.15, 0.2) is 0 Å². The third-order valence-corrected chi connectivity index (χ3v) is 4.41. The van der Waals surface area contributed by atoms with Crippen LogP contribution < -0.4 is 10.6 Å². The number of hydrogen-bond acceptors (Lipinski definition) is 3. The van der Waals surface area contributed by atoms with E-state index < -0.39 is 5.60 Å². The number of hydrogen-bond donors (Lipinski definition) is 2. The van der Waals surface area contributed by atoms with Gasteiger partial charge in [-0.25, -0.2) is 4.79 Å². The number of ether oxygens (including phenoxy) is 1. The van der Waals surface area contributed by atoms with E-state index in [-0.39, 0.29) is 6.09 Å². The third kappa shape index (κ3) is 5.66. The second kappa shape index (κ2) is 7.53. The van der Waals surface area contributed by atoms with Crippen LogP contribution in [0.25, 0.3) is 0 Å². The van der Waals surface area contributed by atoms with Gasteiger partial charge in [0.25, 0.3) is 0 Å². The van der Waals surface area contributed by atoms with Crippen LogP contribution in [0.2, 0.25) is 0 Å². The molecule has 1 aromatic carbocycles. The minimum absolute atomic E-state index is 0.326. The van der Waals surface area contributed by atoms with Gasteiger partial charge in [-0.05, 0) is 80.3 Å². The number of halogens is 1. The van der Waals surface area contributed by atoms with Crippen LogP contribution in [0.15, 0.2) is 24.3 Å². The molecule has 4 nitrogen and oxygen atoms in total. The highest BCUT2D eigenvalue weighted by atomic mass is 127. The first kappa shape index (κ1) is 17.4. The summed E-state index contributed by atoms with van der Waals surface area (Å²) in [6.45, 7) is 6.30. The van der Waals surface area contributed by atoms with Crippen molar-refractivity contribution in [1.29, 1.82) is 0 Å². The summed E-state index contributed by atoms with van der Waals surface area (Å²) < 4.78 is 6.52. The molecule has 1 aliphatic rings. The number of benzene rings is 1. The van der Waals surface area contributed by atoms with Gasteiger partial charge in [-0.1, -0.05) is 12.5 Å². The molecule has 1 saturated carbocycles. The van der Waals surface area contributed by atoms with Gasteiger partial charge < -0.3 is 15.4 Å². The van der Waals surface area contributed by atoms with Crippen LogP contribution in [0.4, 0.5) is 10.5 Å². The Balaban J connectivity index is 1.84. The monoisotopic (exact) mass is 416 g/mol. The molecule has 1 aliphatic carbocycles. The molecule has 22 heavy (non-hydrogen) atoms. The van der Waals surface area contributed by atoms with Gasteiger partial charge in [0, 0.05) is 21.8 Å². The van der Waals surface area contributed by atoms with Gasteiger partial charge in [-0.3, -0.25) is 0 Å². The van der Waals surface area contributed by atoms with Crippen molar-refractivity contribution in [2.24, 2.45) is 5.92 Å². The molecule has 1 aromatic rings. The Labute approximate surface area is 146 Å². The molecule has 2 rings (SSSR count).